The first kappa shape index (κ1) is 23.7. The predicted molar refractivity (Wildman–Crippen MR) is 137 cm³/mol. The number of carbonyl (C=O) groups is 2. The van der Waals surface area contributed by atoms with Gasteiger partial charge < -0.3 is 19.6 Å². The lowest BCUT2D eigenvalue weighted by molar-refractivity contribution is -0.150. The quantitative estimate of drug-likeness (QED) is 0.356. The van der Waals surface area contributed by atoms with Crippen LogP contribution < -0.4 is 10.1 Å². The van der Waals surface area contributed by atoms with Crippen LogP contribution >= 0.6 is 23.2 Å². The van der Waals surface area contributed by atoms with Gasteiger partial charge in [0, 0.05) is 5.41 Å². The molecule has 4 saturated carbocycles. The number of ether oxygens (including phenoxy) is 1. The van der Waals surface area contributed by atoms with E-state index < -0.39 is 17.9 Å². The zero-order valence-corrected chi connectivity index (χ0v) is 21.1. The number of hydrogen-bond donors (Lipinski definition) is 2. The van der Waals surface area contributed by atoms with Crippen molar-refractivity contribution >= 4 is 46.0 Å². The summed E-state index contributed by atoms with van der Waals surface area (Å²) in [5, 5.41) is 14.7. The van der Waals surface area contributed by atoms with E-state index >= 15 is 0 Å². The van der Waals surface area contributed by atoms with Crippen molar-refractivity contribution in [2.75, 3.05) is 0 Å². The predicted octanol–water partition coefficient (Wildman–Crippen LogP) is 6.72. The van der Waals surface area contributed by atoms with Crippen LogP contribution in [0.3, 0.4) is 0 Å². The molecule has 36 heavy (non-hydrogen) atoms. The minimum absolute atomic E-state index is 0.152. The number of halogens is 2. The molecule has 4 aliphatic carbocycles. The van der Waals surface area contributed by atoms with E-state index in [-0.39, 0.29) is 17.6 Å². The van der Waals surface area contributed by atoms with E-state index in [4.69, 9.17) is 32.4 Å². The Hall–Kier alpha value is -2.70. The number of hydrogen-bond acceptors (Lipinski definition) is 4. The Bertz CT molecular complexity index is 1310. The van der Waals surface area contributed by atoms with Gasteiger partial charge in [-0.2, -0.15) is 0 Å². The van der Waals surface area contributed by atoms with E-state index in [0.29, 0.717) is 44.5 Å². The third kappa shape index (κ3) is 4.14. The molecule has 7 rings (SSSR count). The van der Waals surface area contributed by atoms with Crippen LogP contribution in [-0.4, -0.2) is 23.0 Å². The number of carboxylic acid groups (broad SMARTS) is 1. The summed E-state index contributed by atoms with van der Waals surface area (Å²) in [6, 6.07) is 9.35. The van der Waals surface area contributed by atoms with Crippen LogP contribution in [-0.2, 0) is 11.4 Å². The van der Waals surface area contributed by atoms with Crippen molar-refractivity contribution in [3.63, 3.8) is 0 Å². The minimum Gasteiger partial charge on any atom is -0.487 e. The highest BCUT2D eigenvalue weighted by atomic mass is 35.5. The monoisotopic (exact) mass is 527 g/mol. The summed E-state index contributed by atoms with van der Waals surface area (Å²) in [6.45, 7) is 0.152. The van der Waals surface area contributed by atoms with Gasteiger partial charge in [-0.1, -0.05) is 29.3 Å². The lowest BCUT2D eigenvalue weighted by Gasteiger charge is -2.58. The average molecular weight is 528 g/mol. The molecule has 6 nitrogen and oxygen atoms in total. The van der Waals surface area contributed by atoms with Gasteiger partial charge in [-0.15, -0.1) is 0 Å². The summed E-state index contributed by atoms with van der Waals surface area (Å²) in [7, 11) is 0. The van der Waals surface area contributed by atoms with E-state index in [2.05, 4.69) is 5.32 Å². The summed E-state index contributed by atoms with van der Waals surface area (Å²) in [4.78, 5) is 26.1. The van der Waals surface area contributed by atoms with Gasteiger partial charge in [-0.25, -0.2) is 4.79 Å². The summed E-state index contributed by atoms with van der Waals surface area (Å²) >= 11 is 12.2. The topological polar surface area (TPSA) is 88.8 Å². The molecular formula is C28H27Cl2NO5. The molecule has 4 aliphatic rings. The van der Waals surface area contributed by atoms with E-state index in [0.717, 1.165) is 24.8 Å². The maximum absolute atomic E-state index is 13.6. The maximum Gasteiger partial charge on any atom is 0.326 e. The maximum atomic E-state index is 13.6. The number of fused-ring (bicyclic) bond motifs is 1. The van der Waals surface area contributed by atoms with E-state index in [9.17, 15) is 14.7 Å². The average Bonchev–Trinajstić information content (AvgIpc) is 3.31. The second-order valence-electron chi connectivity index (χ2n) is 10.8. The molecule has 1 atom stereocenters. The molecule has 0 unspecified atom stereocenters. The van der Waals surface area contributed by atoms with Crippen LogP contribution in [0.2, 0.25) is 10.0 Å². The Morgan fingerprint density at radius 1 is 1.03 bits per heavy atom. The third-order valence-corrected chi connectivity index (χ3v) is 9.16. The molecule has 0 aliphatic heterocycles. The second-order valence-corrected chi connectivity index (χ2v) is 11.7. The van der Waals surface area contributed by atoms with Gasteiger partial charge in [0.1, 0.15) is 24.0 Å². The molecule has 2 N–H and O–H groups in total. The zero-order valence-electron chi connectivity index (χ0n) is 19.6. The zero-order chi connectivity index (χ0) is 25.0. The standard InChI is InChI=1S/C28H27Cl2NO5/c29-21-3-1-15(10-22(21)30)14-36-24-19-5-6-35-23(19)4-2-20(24)26(32)31-25(27(33)34)28-11-16-7-17(12-28)9-18(8-16)13-28/h1-6,10,16-18,25H,7-9,11-14H2,(H,31,32)(H,33,34)/t16?,17?,18?,25-,28?/m1/s1. The number of rotatable bonds is 7. The van der Waals surface area contributed by atoms with Gasteiger partial charge in [0.05, 0.1) is 27.3 Å². The Kier molecular flexibility index (Phi) is 5.92. The molecule has 0 saturated heterocycles. The molecule has 4 fully saturated rings. The van der Waals surface area contributed by atoms with E-state index in [1.165, 1.54) is 25.5 Å². The van der Waals surface area contributed by atoms with Crippen molar-refractivity contribution in [1.82, 2.24) is 5.32 Å². The van der Waals surface area contributed by atoms with Crippen molar-refractivity contribution in [1.29, 1.82) is 0 Å². The van der Waals surface area contributed by atoms with Crippen molar-refractivity contribution < 1.29 is 23.8 Å². The number of carboxylic acids is 1. The fourth-order valence-electron chi connectivity index (χ4n) is 7.35. The largest absolute Gasteiger partial charge is 0.487 e. The molecule has 1 heterocycles. The summed E-state index contributed by atoms with van der Waals surface area (Å²) in [5.41, 5.74) is 1.26. The van der Waals surface area contributed by atoms with Crippen LogP contribution in [0.1, 0.15) is 54.4 Å². The third-order valence-electron chi connectivity index (χ3n) is 8.42. The van der Waals surface area contributed by atoms with Crippen LogP contribution in [0.5, 0.6) is 5.75 Å². The summed E-state index contributed by atoms with van der Waals surface area (Å²) < 4.78 is 11.7. The lowest BCUT2D eigenvalue weighted by Crippen LogP contribution is -2.59. The van der Waals surface area contributed by atoms with Crippen LogP contribution in [0.15, 0.2) is 47.1 Å². The Morgan fingerprint density at radius 3 is 2.36 bits per heavy atom. The number of aliphatic carboxylic acids is 1. The number of nitrogens with one attached hydrogen (secondary N) is 1. The van der Waals surface area contributed by atoms with Crippen LogP contribution in [0.25, 0.3) is 11.0 Å². The van der Waals surface area contributed by atoms with Gasteiger partial charge in [-0.3, -0.25) is 4.79 Å². The Balaban J connectivity index is 1.29. The SMILES string of the molecule is O=C(N[C@H](C(=O)O)C12CC3CC(CC(C3)C1)C2)c1ccc2occc2c1OCc1ccc(Cl)c(Cl)c1. The number of carbonyl (C=O) groups excluding carboxylic acids is 1. The Labute approximate surface area is 218 Å². The first-order valence-corrected chi connectivity index (χ1v) is 13.2. The molecule has 188 valence electrons. The van der Waals surface area contributed by atoms with Gasteiger partial charge >= 0.3 is 5.97 Å². The molecule has 1 aromatic heterocycles. The van der Waals surface area contributed by atoms with Crippen molar-refractivity contribution in [2.45, 2.75) is 51.2 Å². The molecular weight excluding hydrogens is 501 g/mol. The smallest absolute Gasteiger partial charge is 0.326 e. The molecule has 0 spiro atoms. The van der Waals surface area contributed by atoms with E-state index in [1.807, 2.05) is 0 Å². The van der Waals surface area contributed by atoms with Crippen molar-refractivity contribution in [3.05, 3.63) is 63.8 Å². The van der Waals surface area contributed by atoms with Gasteiger partial charge in [-0.05, 0) is 92.2 Å². The first-order valence-electron chi connectivity index (χ1n) is 12.4. The van der Waals surface area contributed by atoms with Crippen LogP contribution in [0.4, 0.5) is 0 Å². The van der Waals surface area contributed by atoms with Crippen LogP contribution in [0, 0.1) is 23.2 Å². The van der Waals surface area contributed by atoms with Crippen molar-refractivity contribution in [3.8, 4) is 5.75 Å². The highest BCUT2D eigenvalue weighted by Gasteiger charge is 2.56. The molecule has 0 radical (unpaired) electrons. The summed E-state index contributed by atoms with van der Waals surface area (Å²) in [5.74, 6) is 0.643. The van der Waals surface area contributed by atoms with Crippen molar-refractivity contribution in [2.24, 2.45) is 23.2 Å². The first-order chi connectivity index (χ1) is 17.3. The Morgan fingerprint density at radius 2 is 1.72 bits per heavy atom. The summed E-state index contributed by atoms with van der Waals surface area (Å²) in [6.07, 6.45) is 7.75. The molecule has 3 aromatic rings. The molecule has 4 bridgehead atoms. The van der Waals surface area contributed by atoms with E-state index in [1.54, 1.807) is 36.4 Å². The molecule has 2 aromatic carbocycles. The minimum atomic E-state index is -0.965. The van der Waals surface area contributed by atoms with Gasteiger partial charge in [0.15, 0.2) is 0 Å². The fourth-order valence-corrected chi connectivity index (χ4v) is 7.67. The lowest BCUT2D eigenvalue weighted by atomic mass is 9.47. The fraction of sp³-hybridized carbons (Fsp3) is 0.429. The van der Waals surface area contributed by atoms with Gasteiger partial charge in [0.25, 0.3) is 5.91 Å². The number of benzene rings is 2. The normalized spacial score (nSPS) is 27.2. The second kappa shape index (κ2) is 9.00. The molecule has 1 amide bonds. The molecule has 8 heteroatoms. The van der Waals surface area contributed by atoms with Gasteiger partial charge in [0.2, 0.25) is 0 Å². The number of amides is 1. The highest BCUT2D eigenvalue weighted by Crippen LogP contribution is 2.61. The number of furan rings is 1. The highest BCUT2D eigenvalue weighted by molar-refractivity contribution is 6.42.